The average molecular weight is 211 g/mol. The van der Waals surface area contributed by atoms with Gasteiger partial charge < -0.3 is 14.3 Å². The Balaban J connectivity index is 3.07. The lowest BCUT2D eigenvalue weighted by atomic mass is 10.3. The van der Waals surface area contributed by atoms with Crippen molar-refractivity contribution in [3.05, 3.63) is 23.1 Å². The summed E-state index contributed by atoms with van der Waals surface area (Å²) in [4.78, 5) is 14.6. The van der Waals surface area contributed by atoms with Gasteiger partial charge in [-0.15, -0.1) is 4.91 Å². The van der Waals surface area contributed by atoms with Crippen molar-refractivity contribution in [1.29, 1.82) is 0 Å². The molecule has 0 bridgehead atoms. The highest BCUT2D eigenvalue weighted by Gasteiger charge is 2.13. The maximum atomic E-state index is 10.0. The molecule has 5 nitrogen and oxygen atoms in total. The Morgan fingerprint density at radius 3 is 2.47 bits per heavy atom. The van der Waals surface area contributed by atoms with Gasteiger partial charge in [-0.2, -0.15) is 0 Å². The van der Waals surface area contributed by atoms with Crippen molar-refractivity contribution in [2.45, 2.75) is 20.0 Å². The van der Waals surface area contributed by atoms with E-state index in [9.17, 15) is 4.91 Å². The van der Waals surface area contributed by atoms with Gasteiger partial charge in [-0.3, -0.25) is 0 Å². The number of para-hydroxylation sites is 1. The van der Waals surface area contributed by atoms with Gasteiger partial charge in [0.15, 0.2) is 11.1 Å². The van der Waals surface area contributed by atoms with Crippen molar-refractivity contribution in [3.8, 4) is 17.2 Å². The van der Waals surface area contributed by atoms with E-state index in [0.717, 1.165) is 0 Å². The smallest absolute Gasteiger partial charge is 0.207 e. The molecule has 0 saturated carbocycles. The number of methoxy groups -OCH3 is 1. The number of hydrogen-bond acceptors (Lipinski definition) is 5. The lowest BCUT2D eigenvalue weighted by molar-refractivity contribution is 0.211. The molecule has 0 aromatic heterocycles. The Hall–Kier alpha value is -1.78. The summed E-state index contributed by atoms with van der Waals surface area (Å²) >= 11 is 0. The zero-order valence-electron chi connectivity index (χ0n) is 8.89. The molecule has 0 aliphatic heterocycles. The number of ether oxygens (including phenoxy) is 2. The summed E-state index contributed by atoms with van der Waals surface area (Å²) in [7, 11) is 1.51. The van der Waals surface area contributed by atoms with Gasteiger partial charge in [0.1, 0.15) is 0 Å². The van der Waals surface area contributed by atoms with Crippen LogP contribution < -0.4 is 14.3 Å². The molecule has 0 saturated heterocycles. The molecule has 0 N–H and O–H groups in total. The van der Waals surface area contributed by atoms with Crippen LogP contribution in [0.4, 0.5) is 0 Å². The van der Waals surface area contributed by atoms with E-state index in [1.54, 1.807) is 18.2 Å². The highest BCUT2D eigenvalue weighted by Crippen LogP contribution is 2.37. The molecular weight excluding hydrogens is 198 g/mol. The van der Waals surface area contributed by atoms with E-state index in [-0.39, 0.29) is 11.9 Å². The fourth-order valence-electron chi connectivity index (χ4n) is 1.12. The summed E-state index contributed by atoms with van der Waals surface area (Å²) in [5.74, 6) is 1.14. The molecule has 1 aromatic rings. The minimum atomic E-state index is -0.0460. The van der Waals surface area contributed by atoms with Crippen LogP contribution in [0.3, 0.4) is 0 Å². The van der Waals surface area contributed by atoms with Crippen LogP contribution in [-0.2, 0) is 0 Å². The summed E-state index contributed by atoms with van der Waals surface area (Å²) in [6.07, 6.45) is -0.0460. The summed E-state index contributed by atoms with van der Waals surface area (Å²) in [6.45, 7) is 3.73. The minimum Gasteiger partial charge on any atom is -0.493 e. The third-order valence-electron chi connectivity index (χ3n) is 1.65. The van der Waals surface area contributed by atoms with Gasteiger partial charge in [0.25, 0.3) is 0 Å². The van der Waals surface area contributed by atoms with Gasteiger partial charge in [0.05, 0.1) is 13.2 Å². The topological polar surface area (TPSA) is 57.1 Å². The van der Waals surface area contributed by atoms with Crippen molar-refractivity contribution in [2.24, 2.45) is 5.34 Å². The zero-order chi connectivity index (χ0) is 11.3. The van der Waals surface area contributed by atoms with Crippen molar-refractivity contribution in [2.75, 3.05) is 7.11 Å². The monoisotopic (exact) mass is 211 g/mol. The van der Waals surface area contributed by atoms with Gasteiger partial charge >= 0.3 is 0 Å². The van der Waals surface area contributed by atoms with Gasteiger partial charge in [0, 0.05) is 0 Å². The number of hydrogen-bond donors (Lipinski definition) is 0. The highest BCUT2D eigenvalue weighted by molar-refractivity contribution is 5.51. The molecule has 0 amide bonds. The molecule has 0 unspecified atom stereocenters. The second kappa shape index (κ2) is 5.19. The Morgan fingerprint density at radius 1 is 1.27 bits per heavy atom. The zero-order valence-corrected chi connectivity index (χ0v) is 8.89. The number of benzene rings is 1. The van der Waals surface area contributed by atoms with Gasteiger partial charge in [0.2, 0.25) is 11.5 Å². The SMILES string of the molecule is COc1cccc(ON=O)c1OC(C)C. The van der Waals surface area contributed by atoms with Crippen LogP contribution in [0.15, 0.2) is 23.5 Å². The summed E-state index contributed by atoms with van der Waals surface area (Å²) in [6, 6.07) is 4.99. The molecule has 0 aliphatic carbocycles. The summed E-state index contributed by atoms with van der Waals surface area (Å²) < 4.78 is 10.6. The van der Waals surface area contributed by atoms with Crippen LogP contribution in [0.5, 0.6) is 17.2 Å². The largest absolute Gasteiger partial charge is 0.493 e. The predicted octanol–water partition coefficient (Wildman–Crippen LogP) is 2.54. The number of nitrogens with zero attached hydrogens (tertiary/aromatic N) is 1. The fraction of sp³-hybridized carbons (Fsp3) is 0.400. The third-order valence-corrected chi connectivity index (χ3v) is 1.65. The predicted molar refractivity (Wildman–Crippen MR) is 55.2 cm³/mol. The maximum absolute atomic E-state index is 10.0. The van der Waals surface area contributed by atoms with E-state index in [1.807, 2.05) is 13.8 Å². The van der Waals surface area contributed by atoms with Gasteiger partial charge in [-0.05, 0) is 26.0 Å². The Kier molecular flexibility index (Phi) is 3.91. The second-order valence-electron chi connectivity index (χ2n) is 3.12. The van der Waals surface area contributed by atoms with E-state index in [0.29, 0.717) is 11.5 Å². The average Bonchev–Trinajstić information content (AvgIpc) is 2.20. The normalized spacial score (nSPS) is 9.87. The van der Waals surface area contributed by atoms with Crippen molar-refractivity contribution >= 4 is 0 Å². The first-order valence-corrected chi connectivity index (χ1v) is 4.52. The number of rotatable bonds is 5. The van der Waals surface area contributed by atoms with E-state index >= 15 is 0 Å². The van der Waals surface area contributed by atoms with Crippen molar-refractivity contribution in [1.82, 2.24) is 0 Å². The third kappa shape index (κ3) is 2.83. The Labute approximate surface area is 87.9 Å². The maximum Gasteiger partial charge on any atom is 0.207 e. The lowest BCUT2D eigenvalue weighted by Crippen LogP contribution is -2.07. The molecule has 1 rings (SSSR count). The van der Waals surface area contributed by atoms with Crippen LogP contribution in [0, 0.1) is 4.91 Å². The minimum absolute atomic E-state index is 0.0460. The van der Waals surface area contributed by atoms with E-state index in [4.69, 9.17) is 9.47 Å². The van der Waals surface area contributed by atoms with Gasteiger partial charge in [-0.1, -0.05) is 6.07 Å². The summed E-state index contributed by atoms with van der Waals surface area (Å²) in [5, 5.41) is 2.36. The van der Waals surface area contributed by atoms with Crippen LogP contribution in [0.25, 0.3) is 0 Å². The molecule has 0 atom stereocenters. The van der Waals surface area contributed by atoms with E-state index in [2.05, 4.69) is 10.2 Å². The lowest BCUT2D eigenvalue weighted by Gasteiger charge is -2.14. The highest BCUT2D eigenvalue weighted by atomic mass is 16.7. The summed E-state index contributed by atoms with van der Waals surface area (Å²) in [5.41, 5.74) is 0. The van der Waals surface area contributed by atoms with Crippen molar-refractivity contribution < 1.29 is 14.3 Å². The Bertz CT molecular complexity index is 338. The molecule has 5 heteroatoms. The standard InChI is InChI=1S/C10H13NO4/c1-7(2)14-10-8(13-3)5-4-6-9(10)15-11-12/h4-7H,1-3H3. The van der Waals surface area contributed by atoms with Gasteiger partial charge in [-0.25, -0.2) is 0 Å². The molecule has 82 valence electrons. The molecular formula is C10H13NO4. The Morgan fingerprint density at radius 2 is 1.93 bits per heavy atom. The first-order chi connectivity index (χ1) is 7.19. The van der Waals surface area contributed by atoms with Crippen molar-refractivity contribution in [3.63, 3.8) is 0 Å². The van der Waals surface area contributed by atoms with Crippen LogP contribution >= 0.6 is 0 Å². The molecule has 0 radical (unpaired) electrons. The first kappa shape index (κ1) is 11.3. The quantitative estimate of drug-likeness (QED) is 0.554. The first-order valence-electron chi connectivity index (χ1n) is 4.52. The molecule has 0 aliphatic rings. The van der Waals surface area contributed by atoms with Crippen LogP contribution in [0.1, 0.15) is 13.8 Å². The van der Waals surface area contributed by atoms with Crippen LogP contribution in [0.2, 0.25) is 0 Å². The fourth-order valence-corrected chi connectivity index (χ4v) is 1.12. The van der Waals surface area contributed by atoms with E-state index < -0.39 is 0 Å². The van der Waals surface area contributed by atoms with E-state index in [1.165, 1.54) is 7.11 Å². The second-order valence-corrected chi connectivity index (χ2v) is 3.12. The molecule has 0 fully saturated rings. The molecule has 0 spiro atoms. The van der Waals surface area contributed by atoms with Crippen LogP contribution in [-0.4, -0.2) is 13.2 Å². The molecule has 15 heavy (non-hydrogen) atoms. The molecule has 0 heterocycles. The molecule has 1 aromatic carbocycles.